The summed E-state index contributed by atoms with van der Waals surface area (Å²) in [6.07, 6.45) is 28.3. The molecule has 0 atom stereocenters. The first-order valence-corrected chi connectivity index (χ1v) is 11.9. The van der Waals surface area contributed by atoms with Gasteiger partial charge >= 0.3 is 5.79 Å². The first kappa shape index (κ1) is 22.3. The summed E-state index contributed by atoms with van der Waals surface area (Å²) in [6.45, 7) is 12.2. The van der Waals surface area contributed by atoms with E-state index in [1.165, 1.54) is 38.5 Å². The smallest absolute Gasteiger partial charge is 0.237 e. The third-order valence-corrected chi connectivity index (χ3v) is 6.10. The van der Waals surface area contributed by atoms with Crippen LogP contribution in [0.15, 0.2) is 56.2 Å². The van der Waals surface area contributed by atoms with Gasteiger partial charge in [0.15, 0.2) is 0 Å². The molecule has 3 aromatic heterocycles. The molecule has 164 valence electrons. The minimum Gasteiger partial charge on any atom is -0.237 e. The van der Waals surface area contributed by atoms with Gasteiger partial charge in [-0.1, -0.05) is 47.0 Å². The molecule has 0 saturated heterocycles. The lowest BCUT2D eigenvalue weighted by molar-refractivity contribution is -0.699. The SMILES string of the molecule is CCCC[n+]1ccn(C(CC)(n2cc[n+](CCCC)c2)n2cc[n+](CCCC)c2)c1. The van der Waals surface area contributed by atoms with Crippen LogP contribution in [0.3, 0.4) is 0 Å². The lowest BCUT2D eigenvalue weighted by Gasteiger charge is -2.22. The van der Waals surface area contributed by atoms with Crippen LogP contribution in [-0.4, -0.2) is 13.7 Å². The largest absolute Gasteiger partial charge is 0.401 e. The van der Waals surface area contributed by atoms with Crippen LogP contribution in [0, 0.1) is 0 Å². The van der Waals surface area contributed by atoms with Crippen molar-refractivity contribution in [1.82, 2.24) is 13.7 Å². The van der Waals surface area contributed by atoms with Gasteiger partial charge in [-0.15, -0.1) is 0 Å². The molecule has 0 saturated carbocycles. The number of rotatable bonds is 13. The summed E-state index contributed by atoms with van der Waals surface area (Å²) < 4.78 is 14.1. The Balaban J connectivity index is 2.03. The maximum absolute atomic E-state index is 2.37. The van der Waals surface area contributed by atoms with Crippen LogP contribution in [0.5, 0.6) is 0 Å². The Kier molecular flexibility index (Phi) is 7.88. The van der Waals surface area contributed by atoms with E-state index in [9.17, 15) is 0 Å². The molecule has 0 bridgehead atoms. The minimum atomic E-state index is -0.341. The maximum Gasteiger partial charge on any atom is 0.401 e. The summed E-state index contributed by atoms with van der Waals surface area (Å²) in [4.78, 5) is 0. The van der Waals surface area contributed by atoms with Gasteiger partial charge in [0.1, 0.15) is 37.2 Å². The number of aromatic nitrogens is 6. The van der Waals surface area contributed by atoms with E-state index in [2.05, 4.69) is 111 Å². The van der Waals surface area contributed by atoms with Gasteiger partial charge in [0.25, 0.3) is 19.0 Å². The second-order valence-electron chi connectivity index (χ2n) is 8.36. The topological polar surface area (TPSA) is 26.4 Å². The molecule has 6 heteroatoms. The molecule has 0 amide bonds. The molecule has 0 aromatic carbocycles. The van der Waals surface area contributed by atoms with Gasteiger partial charge in [0.05, 0.1) is 26.1 Å². The number of hydrogen-bond donors (Lipinski definition) is 0. The van der Waals surface area contributed by atoms with Gasteiger partial charge < -0.3 is 0 Å². The average molecular weight is 414 g/mol. The number of unbranched alkanes of at least 4 members (excludes halogenated alkanes) is 3. The summed E-state index contributed by atoms with van der Waals surface area (Å²) in [5.74, 6) is -0.341. The number of aryl methyl sites for hydroxylation is 3. The van der Waals surface area contributed by atoms with Crippen molar-refractivity contribution in [2.24, 2.45) is 0 Å². The highest BCUT2D eigenvalue weighted by molar-refractivity contribution is 4.95. The molecular weight excluding hydrogens is 372 g/mol. The van der Waals surface area contributed by atoms with Gasteiger partial charge in [0.2, 0.25) is 0 Å². The van der Waals surface area contributed by atoms with Gasteiger partial charge in [-0.2, -0.15) is 13.7 Å². The maximum atomic E-state index is 2.37. The second kappa shape index (κ2) is 10.6. The Morgan fingerprint density at radius 3 is 1.17 bits per heavy atom. The highest BCUT2D eigenvalue weighted by Gasteiger charge is 2.49. The standard InChI is InChI=1S/C24H41N6/c1-5-9-12-25-15-18-28(21-25)24(8-4,29-19-16-26(22-29)13-10-6-2)30-20-17-27(23-30)14-11-7-3/h15-23H,5-14H2,1-4H3/q+3. The van der Waals surface area contributed by atoms with E-state index < -0.39 is 0 Å². The summed E-state index contributed by atoms with van der Waals surface area (Å²) in [5, 5.41) is 0. The highest BCUT2D eigenvalue weighted by atomic mass is 15.5. The Labute approximate surface area is 182 Å². The predicted molar refractivity (Wildman–Crippen MR) is 118 cm³/mol. The summed E-state index contributed by atoms with van der Waals surface area (Å²) in [5.41, 5.74) is 0. The lowest BCUT2D eigenvalue weighted by atomic mass is 10.2. The van der Waals surface area contributed by atoms with Crippen LogP contribution in [0.25, 0.3) is 0 Å². The molecule has 0 aliphatic rings. The van der Waals surface area contributed by atoms with Crippen molar-refractivity contribution in [3.05, 3.63) is 56.2 Å². The van der Waals surface area contributed by atoms with Gasteiger partial charge in [-0.05, 0) is 19.3 Å². The van der Waals surface area contributed by atoms with E-state index in [0.29, 0.717) is 0 Å². The normalized spacial score (nSPS) is 12.0. The molecule has 3 rings (SSSR count). The Bertz CT molecular complexity index is 774. The van der Waals surface area contributed by atoms with Crippen molar-refractivity contribution in [3.8, 4) is 0 Å². The van der Waals surface area contributed by atoms with Gasteiger partial charge in [-0.3, -0.25) is 0 Å². The van der Waals surface area contributed by atoms with Gasteiger partial charge in [-0.25, -0.2) is 13.7 Å². The molecule has 0 unspecified atom stereocenters. The van der Waals surface area contributed by atoms with Crippen molar-refractivity contribution in [2.45, 2.75) is 98.1 Å². The number of nitrogens with zero attached hydrogens (tertiary/aromatic N) is 6. The molecule has 0 aliphatic carbocycles. The zero-order valence-electron chi connectivity index (χ0n) is 19.5. The van der Waals surface area contributed by atoms with Crippen molar-refractivity contribution in [1.29, 1.82) is 0 Å². The molecule has 0 spiro atoms. The van der Waals surface area contributed by atoms with Crippen LogP contribution in [0.2, 0.25) is 0 Å². The predicted octanol–water partition coefficient (Wildman–Crippen LogP) is 3.47. The highest BCUT2D eigenvalue weighted by Crippen LogP contribution is 2.25. The van der Waals surface area contributed by atoms with Crippen LogP contribution in [-0.2, 0) is 25.4 Å². The zero-order valence-corrected chi connectivity index (χ0v) is 19.5. The minimum absolute atomic E-state index is 0.341. The van der Waals surface area contributed by atoms with Crippen molar-refractivity contribution in [3.63, 3.8) is 0 Å². The summed E-state index contributed by atoms with van der Waals surface area (Å²) in [7, 11) is 0. The third-order valence-electron chi connectivity index (χ3n) is 6.10. The fourth-order valence-electron chi connectivity index (χ4n) is 4.18. The Morgan fingerprint density at radius 2 is 0.900 bits per heavy atom. The molecule has 0 radical (unpaired) electrons. The molecule has 0 N–H and O–H groups in total. The average Bonchev–Trinajstić information content (AvgIpc) is 3.52. The molecule has 3 heterocycles. The monoisotopic (exact) mass is 413 g/mol. The second-order valence-corrected chi connectivity index (χ2v) is 8.36. The van der Waals surface area contributed by atoms with E-state index in [0.717, 1.165) is 26.1 Å². The number of imidazole rings is 3. The van der Waals surface area contributed by atoms with E-state index in [-0.39, 0.29) is 5.79 Å². The summed E-state index contributed by atoms with van der Waals surface area (Å²) in [6, 6.07) is 0. The van der Waals surface area contributed by atoms with Crippen LogP contribution in [0.4, 0.5) is 0 Å². The lowest BCUT2D eigenvalue weighted by Crippen LogP contribution is -2.48. The molecule has 6 nitrogen and oxygen atoms in total. The third kappa shape index (κ3) is 4.68. The first-order valence-electron chi connectivity index (χ1n) is 11.9. The van der Waals surface area contributed by atoms with Crippen molar-refractivity contribution in [2.75, 3.05) is 0 Å². The van der Waals surface area contributed by atoms with Crippen LogP contribution >= 0.6 is 0 Å². The first-order chi connectivity index (χ1) is 14.7. The molecule has 30 heavy (non-hydrogen) atoms. The fourth-order valence-corrected chi connectivity index (χ4v) is 4.18. The Hall–Kier alpha value is -2.37. The van der Waals surface area contributed by atoms with Gasteiger partial charge in [0, 0.05) is 0 Å². The molecule has 3 aromatic rings. The zero-order chi connectivity index (χ0) is 21.4. The molecular formula is C24H41N6+3. The van der Waals surface area contributed by atoms with Crippen LogP contribution < -0.4 is 13.7 Å². The molecule has 0 fully saturated rings. The quantitative estimate of drug-likeness (QED) is 0.384. The van der Waals surface area contributed by atoms with Crippen molar-refractivity contribution >= 4 is 0 Å². The van der Waals surface area contributed by atoms with E-state index in [1.807, 2.05) is 0 Å². The number of hydrogen-bond acceptors (Lipinski definition) is 0. The fraction of sp³-hybridized carbons (Fsp3) is 0.625. The summed E-state index contributed by atoms with van der Waals surface area (Å²) >= 11 is 0. The molecule has 0 aliphatic heterocycles. The van der Waals surface area contributed by atoms with E-state index >= 15 is 0 Å². The van der Waals surface area contributed by atoms with Crippen molar-refractivity contribution < 1.29 is 13.7 Å². The van der Waals surface area contributed by atoms with E-state index in [1.54, 1.807) is 0 Å². The Morgan fingerprint density at radius 1 is 0.567 bits per heavy atom. The van der Waals surface area contributed by atoms with Crippen LogP contribution in [0.1, 0.15) is 72.6 Å². The van der Waals surface area contributed by atoms with E-state index in [4.69, 9.17) is 0 Å².